The highest BCUT2D eigenvalue weighted by Gasteiger charge is 2.16. The number of hydrogen-bond donors (Lipinski definition) is 2. The summed E-state index contributed by atoms with van der Waals surface area (Å²) in [6.07, 6.45) is 3.67. The average molecular weight is 215 g/mol. The van der Waals surface area contributed by atoms with Gasteiger partial charge in [0.15, 0.2) is 0 Å². The molecule has 0 bridgehead atoms. The maximum Gasteiger partial charge on any atom is 0.253 e. The molecule has 4 heteroatoms. The number of nitrogens with zero attached hydrogens (tertiary/aromatic N) is 1. The predicted octanol–water partition coefficient (Wildman–Crippen LogP) is 1.59. The molecule has 0 aromatic carbocycles. The number of aryl methyl sites for hydroxylation is 1. The van der Waals surface area contributed by atoms with Crippen LogP contribution < -0.4 is 10.9 Å². The van der Waals surface area contributed by atoms with E-state index in [1.807, 2.05) is 19.2 Å². The van der Waals surface area contributed by atoms with Gasteiger partial charge in [-0.2, -0.15) is 0 Å². The second kappa shape index (κ2) is 3.33. The predicted molar refractivity (Wildman–Crippen MR) is 63.9 cm³/mol. The smallest absolute Gasteiger partial charge is 0.253 e. The molecule has 0 fully saturated rings. The zero-order valence-corrected chi connectivity index (χ0v) is 9.13. The molecule has 2 N–H and O–H groups in total. The summed E-state index contributed by atoms with van der Waals surface area (Å²) < 4.78 is 0. The topological polar surface area (TPSA) is 57.8 Å². The molecule has 3 rings (SSSR count). The fourth-order valence-electron chi connectivity index (χ4n) is 2.23. The van der Waals surface area contributed by atoms with Gasteiger partial charge in [0.2, 0.25) is 0 Å². The highest BCUT2D eigenvalue weighted by atomic mass is 16.1. The van der Waals surface area contributed by atoms with Crippen molar-refractivity contribution in [3.8, 4) is 0 Å². The van der Waals surface area contributed by atoms with Crippen molar-refractivity contribution < 1.29 is 0 Å². The maximum absolute atomic E-state index is 11.9. The van der Waals surface area contributed by atoms with Crippen LogP contribution in [0.3, 0.4) is 0 Å². The quantitative estimate of drug-likeness (QED) is 0.701. The third kappa shape index (κ3) is 1.30. The third-order valence-electron chi connectivity index (χ3n) is 2.99. The van der Waals surface area contributed by atoms with Crippen LogP contribution in [0.5, 0.6) is 0 Å². The summed E-state index contributed by atoms with van der Waals surface area (Å²) in [5, 5.41) is 3.28. The van der Waals surface area contributed by atoms with Crippen LogP contribution in [0.1, 0.15) is 17.5 Å². The van der Waals surface area contributed by atoms with Gasteiger partial charge >= 0.3 is 0 Å². The van der Waals surface area contributed by atoms with Crippen LogP contribution in [0.4, 0.5) is 5.69 Å². The summed E-state index contributed by atoms with van der Waals surface area (Å²) in [6, 6.07) is 1.96. The van der Waals surface area contributed by atoms with E-state index < -0.39 is 0 Å². The van der Waals surface area contributed by atoms with Gasteiger partial charge in [0.25, 0.3) is 5.56 Å². The summed E-state index contributed by atoms with van der Waals surface area (Å²) in [5.74, 6) is 0. The summed E-state index contributed by atoms with van der Waals surface area (Å²) in [5.41, 5.74) is 4.53. The number of fused-ring (bicyclic) bond motifs is 3. The number of H-pyrrole nitrogens is 1. The number of nitrogens with one attached hydrogen (secondary N) is 2. The van der Waals surface area contributed by atoms with E-state index in [0.717, 1.165) is 47.2 Å². The van der Waals surface area contributed by atoms with E-state index in [9.17, 15) is 4.79 Å². The Hall–Kier alpha value is -1.84. The fraction of sp³-hybridized carbons (Fsp3) is 0.333. The van der Waals surface area contributed by atoms with Crippen molar-refractivity contribution in [1.82, 2.24) is 9.97 Å². The van der Waals surface area contributed by atoms with E-state index in [1.54, 1.807) is 0 Å². The largest absolute Gasteiger partial charge is 0.383 e. The van der Waals surface area contributed by atoms with Gasteiger partial charge < -0.3 is 10.3 Å². The molecule has 16 heavy (non-hydrogen) atoms. The average Bonchev–Trinajstić information content (AvgIpc) is 2.29. The van der Waals surface area contributed by atoms with Crippen LogP contribution in [0.2, 0.25) is 0 Å². The van der Waals surface area contributed by atoms with Gasteiger partial charge in [0.1, 0.15) is 5.52 Å². The molecule has 3 heterocycles. The zero-order valence-electron chi connectivity index (χ0n) is 9.13. The highest BCUT2D eigenvalue weighted by molar-refractivity contribution is 5.89. The van der Waals surface area contributed by atoms with E-state index in [4.69, 9.17) is 0 Å². The summed E-state index contributed by atoms with van der Waals surface area (Å²) in [4.78, 5) is 19.2. The molecule has 0 spiro atoms. The first kappa shape index (κ1) is 9.39. The first-order valence-corrected chi connectivity index (χ1v) is 5.51. The van der Waals surface area contributed by atoms with Crippen LogP contribution >= 0.6 is 0 Å². The van der Waals surface area contributed by atoms with Crippen molar-refractivity contribution in [3.63, 3.8) is 0 Å². The summed E-state index contributed by atoms with van der Waals surface area (Å²) >= 11 is 0. The fourth-order valence-corrected chi connectivity index (χ4v) is 2.23. The van der Waals surface area contributed by atoms with Crippen molar-refractivity contribution in [2.75, 3.05) is 11.9 Å². The Labute approximate surface area is 92.7 Å². The van der Waals surface area contributed by atoms with E-state index >= 15 is 0 Å². The lowest BCUT2D eigenvalue weighted by atomic mass is 10.0. The maximum atomic E-state index is 11.9. The molecule has 82 valence electrons. The number of anilines is 1. The number of aromatic amines is 1. The Morgan fingerprint density at radius 2 is 2.31 bits per heavy atom. The number of hydrogen-bond acceptors (Lipinski definition) is 3. The van der Waals surface area contributed by atoms with Crippen LogP contribution in [-0.2, 0) is 6.42 Å². The van der Waals surface area contributed by atoms with Gasteiger partial charge in [-0.05, 0) is 31.4 Å². The summed E-state index contributed by atoms with van der Waals surface area (Å²) in [6.45, 7) is 2.89. The molecule has 2 aromatic heterocycles. The summed E-state index contributed by atoms with van der Waals surface area (Å²) in [7, 11) is 0. The molecule has 0 unspecified atom stereocenters. The van der Waals surface area contributed by atoms with Crippen LogP contribution in [-0.4, -0.2) is 16.5 Å². The first-order chi connectivity index (χ1) is 7.75. The van der Waals surface area contributed by atoms with Gasteiger partial charge in [-0.15, -0.1) is 0 Å². The third-order valence-corrected chi connectivity index (χ3v) is 2.99. The minimum atomic E-state index is 0.0158. The molecule has 2 aromatic rings. The van der Waals surface area contributed by atoms with Gasteiger partial charge in [-0.25, -0.2) is 0 Å². The molecule has 0 atom stereocenters. The number of pyridine rings is 2. The van der Waals surface area contributed by atoms with Crippen LogP contribution in [0.25, 0.3) is 11.0 Å². The Bertz CT molecular complexity index is 615. The lowest BCUT2D eigenvalue weighted by molar-refractivity contribution is 0.819. The SMILES string of the molecule is Cc1cnc2c3c(c(=O)[nH]c2c1)CCCN3. The first-order valence-electron chi connectivity index (χ1n) is 5.51. The molecule has 0 saturated heterocycles. The molecule has 0 saturated carbocycles. The van der Waals surface area contributed by atoms with E-state index in [-0.39, 0.29) is 5.56 Å². The lowest BCUT2D eigenvalue weighted by Gasteiger charge is -2.18. The zero-order chi connectivity index (χ0) is 11.1. The second-order valence-electron chi connectivity index (χ2n) is 4.25. The van der Waals surface area contributed by atoms with E-state index in [0.29, 0.717) is 0 Å². The molecule has 1 aliphatic heterocycles. The molecular weight excluding hydrogens is 202 g/mol. The van der Waals surface area contributed by atoms with Gasteiger partial charge in [0, 0.05) is 18.3 Å². The van der Waals surface area contributed by atoms with Crippen molar-refractivity contribution in [1.29, 1.82) is 0 Å². The Balaban J connectivity index is 2.42. The second-order valence-corrected chi connectivity index (χ2v) is 4.25. The molecule has 4 nitrogen and oxygen atoms in total. The monoisotopic (exact) mass is 215 g/mol. The number of rotatable bonds is 0. The lowest BCUT2D eigenvalue weighted by Crippen LogP contribution is -2.22. The minimum absolute atomic E-state index is 0.0158. The highest BCUT2D eigenvalue weighted by Crippen LogP contribution is 2.25. The molecule has 0 radical (unpaired) electrons. The van der Waals surface area contributed by atoms with E-state index in [1.165, 1.54) is 0 Å². The molecular formula is C12H13N3O. The van der Waals surface area contributed by atoms with Crippen molar-refractivity contribution in [2.24, 2.45) is 0 Å². The minimum Gasteiger partial charge on any atom is -0.383 e. The Kier molecular flexibility index (Phi) is 1.96. The standard InChI is InChI=1S/C12H13N3O/c1-7-5-9-11(14-6-7)10-8(12(16)15-9)3-2-4-13-10/h5-6,13H,2-4H2,1H3,(H,15,16). The van der Waals surface area contributed by atoms with Gasteiger partial charge in [-0.3, -0.25) is 9.78 Å². The van der Waals surface area contributed by atoms with Crippen LogP contribution in [0.15, 0.2) is 17.1 Å². The van der Waals surface area contributed by atoms with Gasteiger partial charge in [-0.1, -0.05) is 0 Å². The van der Waals surface area contributed by atoms with Crippen molar-refractivity contribution >= 4 is 16.7 Å². The Morgan fingerprint density at radius 1 is 1.44 bits per heavy atom. The van der Waals surface area contributed by atoms with Crippen LogP contribution in [0, 0.1) is 6.92 Å². The molecule has 1 aliphatic rings. The molecule has 0 aliphatic carbocycles. The normalized spacial score (nSPS) is 14.6. The van der Waals surface area contributed by atoms with E-state index in [2.05, 4.69) is 15.3 Å². The van der Waals surface area contributed by atoms with Crippen molar-refractivity contribution in [2.45, 2.75) is 19.8 Å². The van der Waals surface area contributed by atoms with Crippen molar-refractivity contribution in [3.05, 3.63) is 33.7 Å². The number of aromatic nitrogens is 2. The molecule has 0 amide bonds. The Morgan fingerprint density at radius 3 is 3.19 bits per heavy atom. The van der Waals surface area contributed by atoms with Gasteiger partial charge in [0.05, 0.1) is 11.2 Å².